The number of hydrogen-bond donors (Lipinski definition) is 2. The third kappa shape index (κ3) is 8.26. The number of nitrogens with one attached hydrogen (secondary N) is 1. The Labute approximate surface area is 273 Å². The molecule has 12 heteroatoms. The maximum Gasteiger partial charge on any atom is 0.302 e. The number of amides is 3. The number of aliphatic imine (C=N–C) groups is 1. The van der Waals surface area contributed by atoms with Crippen LogP contribution in [0.1, 0.15) is 35.0 Å². The molecular weight excluding hydrogens is 600 g/mol. The molecule has 46 heavy (non-hydrogen) atoms. The van der Waals surface area contributed by atoms with Gasteiger partial charge in [-0.05, 0) is 82.1 Å². The molecule has 1 aliphatic rings. The number of aromatic nitrogens is 1. The fourth-order valence-corrected chi connectivity index (χ4v) is 5.29. The zero-order valence-electron chi connectivity index (χ0n) is 26.7. The summed E-state index contributed by atoms with van der Waals surface area (Å²) in [6.45, 7) is 7.88. The van der Waals surface area contributed by atoms with Crippen LogP contribution in [0.2, 0.25) is 0 Å². The number of thiazole rings is 1. The largest absolute Gasteiger partial charge is 0.400 e. The Morgan fingerprint density at radius 1 is 1.11 bits per heavy atom. The van der Waals surface area contributed by atoms with Crippen LogP contribution >= 0.6 is 11.3 Å². The van der Waals surface area contributed by atoms with E-state index in [4.69, 9.17) is 5.73 Å². The third-order valence-electron chi connectivity index (χ3n) is 7.32. The average Bonchev–Trinajstić information content (AvgIpc) is 3.82. The SMILES string of the molecule is C=CN=C(/C(=C(\C)N)N(C)c1ccc(C(=O)Nc2ncc(C)s2)cc1)N(C=O)c1cccc(N(C)C(=O)C#CCN(C)C2CC2)c1. The predicted molar refractivity (Wildman–Crippen MR) is 186 cm³/mol. The highest BCUT2D eigenvalue weighted by molar-refractivity contribution is 7.15. The molecule has 0 aliphatic heterocycles. The molecule has 0 radical (unpaired) electrons. The van der Waals surface area contributed by atoms with Crippen LogP contribution in [0.5, 0.6) is 0 Å². The molecule has 3 aromatic rings. The zero-order valence-corrected chi connectivity index (χ0v) is 27.5. The van der Waals surface area contributed by atoms with Gasteiger partial charge in [0.25, 0.3) is 5.91 Å². The maximum atomic E-state index is 12.9. The van der Waals surface area contributed by atoms with Crippen molar-refractivity contribution in [3.05, 3.63) is 89.3 Å². The van der Waals surface area contributed by atoms with Gasteiger partial charge in [-0.1, -0.05) is 18.6 Å². The number of hydrogen-bond acceptors (Lipinski definition) is 9. The molecule has 0 atom stereocenters. The quantitative estimate of drug-likeness (QED) is 0.136. The summed E-state index contributed by atoms with van der Waals surface area (Å²) in [5.41, 5.74) is 9.33. The summed E-state index contributed by atoms with van der Waals surface area (Å²) in [5.74, 6) is 5.23. The van der Waals surface area contributed by atoms with E-state index >= 15 is 0 Å². The third-order valence-corrected chi connectivity index (χ3v) is 8.15. The number of benzene rings is 2. The van der Waals surface area contributed by atoms with Crippen molar-refractivity contribution in [1.82, 2.24) is 9.88 Å². The number of nitrogens with zero attached hydrogens (tertiary/aromatic N) is 6. The molecule has 0 spiro atoms. The van der Waals surface area contributed by atoms with E-state index < -0.39 is 0 Å². The lowest BCUT2D eigenvalue weighted by atomic mass is 10.1. The minimum Gasteiger partial charge on any atom is -0.400 e. The average molecular weight is 639 g/mol. The first kappa shape index (κ1) is 33.6. The van der Waals surface area contributed by atoms with E-state index in [9.17, 15) is 14.4 Å². The van der Waals surface area contributed by atoms with Crippen LogP contribution in [0, 0.1) is 18.8 Å². The van der Waals surface area contributed by atoms with Crippen molar-refractivity contribution in [1.29, 1.82) is 0 Å². The van der Waals surface area contributed by atoms with Gasteiger partial charge in [0.2, 0.25) is 6.41 Å². The number of carbonyl (C=O) groups excluding carboxylic acids is 3. The van der Waals surface area contributed by atoms with Gasteiger partial charge in [-0.3, -0.25) is 29.5 Å². The minimum atomic E-state index is -0.365. The number of rotatable bonds is 11. The minimum absolute atomic E-state index is 0.211. The van der Waals surface area contributed by atoms with Gasteiger partial charge < -0.3 is 15.5 Å². The Bertz CT molecular complexity index is 1730. The Morgan fingerprint density at radius 3 is 2.39 bits per heavy atom. The number of anilines is 4. The molecule has 4 rings (SSSR count). The summed E-state index contributed by atoms with van der Waals surface area (Å²) in [6.07, 6.45) is 5.98. The van der Waals surface area contributed by atoms with Crippen molar-refractivity contribution in [3.63, 3.8) is 0 Å². The van der Waals surface area contributed by atoms with E-state index in [1.807, 2.05) is 14.0 Å². The van der Waals surface area contributed by atoms with Crippen LogP contribution in [0.4, 0.5) is 22.2 Å². The van der Waals surface area contributed by atoms with Crippen molar-refractivity contribution in [2.75, 3.05) is 47.7 Å². The van der Waals surface area contributed by atoms with Gasteiger partial charge in [-0.2, -0.15) is 0 Å². The van der Waals surface area contributed by atoms with Crippen LogP contribution in [-0.2, 0) is 9.59 Å². The second-order valence-corrected chi connectivity index (χ2v) is 12.0. The molecule has 3 amide bonds. The monoisotopic (exact) mass is 638 g/mol. The summed E-state index contributed by atoms with van der Waals surface area (Å²) in [4.78, 5) is 54.5. The molecule has 0 bridgehead atoms. The summed E-state index contributed by atoms with van der Waals surface area (Å²) in [5, 5.41) is 3.32. The highest BCUT2D eigenvalue weighted by Crippen LogP contribution is 2.27. The van der Waals surface area contributed by atoms with E-state index in [2.05, 4.69) is 38.6 Å². The lowest BCUT2D eigenvalue weighted by Crippen LogP contribution is -2.38. The summed E-state index contributed by atoms with van der Waals surface area (Å²) in [6, 6.07) is 14.4. The maximum absolute atomic E-state index is 12.9. The van der Waals surface area contributed by atoms with Crippen molar-refractivity contribution in [2.24, 2.45) is 10.7 Å². The molecule has 2 aromatic carbocycles. The lowest BCUT2D eigenvalue weighted by molar-refractivity contribution is -0.113. The second-order valence-electron chi connectivity index (χ2n) is 10.8. The molecule has 11 nitrogen and oxygen atoms in total. The molecule has 1 aromatic heterocycles. The standard InChI is InChI=1S/C34H38N8O3S/c1-7-36-32(31(24(3)35)41(6)27-15-13-25(14-16-27)33(45)38-34-37-21-23(2)46-34)42(22-43)29-11-8-10-28(20-29)40(5)30(44)12-9-19-39(4)26-17-18-26/h7-8,10-11,13-16,20-22,26H,1,17-19,35H2,2-6H3,(H,37,38,45)/b31-24-,36-32?. The topological polar surface area (TPSA) is 127 Å². The predicted octanol–water partition coefficient (Wildman–Crippen LogP) is 4.60. The van der Waals surface area contributed by atoms with E-state index in [-0.39, 0.29) is 17.6 Å². The molecular formula is C34H38N8O3S. The van der Waals surface area contributed by atoms with Crippen molar-refractivity contribution in [3.8, 4) is 11.8 Å². The van der Waals surface area contributed by atoms with Crippen LogP contribution in [0.25, 0.3) is 0 Å². The number of nitrogens with two attached hydrogens (primary N) is 1. The van der Waals surface area contributed by atoms with Crippen molar-refractivity contribution < 1.29 is 14.4 Å². The van der Waals surface area contributed by atoms with Gasteiger partial charge in [0.15, 0.2) is 11.0 Å². The Balaban J connectivity index is 1.56. The van der Waals surface area contributed by atoms with Gasteiger partial charge in [-0.25, -0.2) is 9.98 Å². The van der Waals surface area contributed by atoms with Crippen LogP contribution in [0.3, 0.4) is 0 Å². The van der Waals surface area contributed by atoms with Crippen LogP contribution in [0.15, 0.2) is 83.9 Å². The number of carbonyl (C=O) groups is 3. The first-order valence-electron chi connectivity index (χ1n) is 14.6. The van der Waals surface area contributed by atoms with Crippen LogP contribution in [-0.4, -0.2) is 67.7 Å². The van der Waals surface area contributed by atoms with Crippen LogP contribution < -0.4 is 25.8 Å². The van der Waals surface area contributed by atoms with Gasteiger partial charge in [0.05, 0.1) is 12.2 Å². The summed E-state index contributed by atoms with van der Waals surface area (Å²) < 4.78 is 0. The Morgan fingerprint density at radius 2 is 1.80 bits per heavy atom. The molecule has 3 N–H and O–H groups in total. The zero-order chi connectivity index (χ0) is 33.4. The van der Waals surface area contributed by atoms with Gasteiger partial charge in [0.1, 0.15) is 5.70 Å². The fourth-order valence-electron chi connectivity index (χ4n) is 4.63. The Kier molecular flexibility index (Phi) is 11.1. The van der Waals surface area contributed by atoms with Gasteiger partial charge in [-0.15, -0.1) is 11.3 Å². The molecule has 238 valence electrons. The molecule has 0 unspecified atom stereocenters. The molecule has 1 fully saturated rings. The van der Waals surface area contributed by atoms with E-state index in [1.165, 1.54) is 40.2 Å². The normalized spacial score (nSPS) is 13.2. The van der Waals surface area contributed by atoms with E-state index in [0.29, 0.717) is 58.1 Å². The number of likely N-dealkylation sites (N-methyl/N-ethyl adjacent to an activating group) is 1. The summed E-state index contributed by atoms with van der Waals surface area (Å²) in [7, 11) is 5.42. The first-order valence-corrected chi connectivity index (χ1v) is 15.4. The summed E-state index contributed by atoms with van der Waals surface area (Å²) >= 11 is 1.39. The fraction of sp³-hybridized carbons (Fsp3) is 0.265. The number of aryl methyl sites for hydroxylation is 1. The second kappa shape index (κ2) is 15.2. The first-order chi connectivity index (χ1) is 22.0. The smallest absolute Gasteiger partial charge is 0.302 e. The molecule has 0 saturated heterocycles. The highest BCUT2D eigenvalue weighted by atomic mass is 32.1. The lowest BCUT2D eigenvalue weighted by Gasteiger charge is -2.30. The number of amidine groups is 1. The van der Waals surface area contributed by atoms with Crippen molar-refractivity contribution >= 4 is 57.6 Å². The van der Waals surface area contributed by atoms with E-state index in [0.717, 1.165) is 4.88 Å². The molecule has 1 aliphatic carbocycles. The highest BCUT2D eigenvalue weighted by Gasteiger charge is 2.26. The van der Waals surface area contributed by atoms with E-state index in [1.54, 1.807) is 80.6 Å². The molecule has 1 heterocycles. The Hall–Kier alpha value is -5.25. The van der Waals surface area contributed by atoms with Crippen molar-refractivity contribution in [2.45, 2.75) is 32.7 Å². The van der Waals surface area contributed by atoms with Gasteiger partial charge in [0, 0.05) is 60.0 Å². The van der Waals surface area contributed by atoms with Gasteiger partial charge >= 0.3 is 5.91 Å². The molecule has 1 saturated carbocycles. The number of allylic oxidation sites excluding steroid dienone is 1.